The third-order valence-electron chi connectivity index (χ3n) is 3.50. The maximum Gasteiger partial charge on any atom is 0.251 e. The number of carbonyl (C=O) groups excluding carboxylic acids is 1. The van der Waals surface area contributed by atoms with Crippen molar-refractivity contribution in [1.82, 2.24) is 5.32 Å². The van der Waals surface area contributed by atoms with Crippen molar-refractivity contribution in [2.75, 3.05) is 18.1 Å². The molecule has 0 saturated carbocycles. The van der Waals surface area contributed by atoms with Crippen molar-refractivity contribution in [3.05, 3.63) is 35.4 Å². The number of thioether (sulfide) groups is 1. The number of nitrogens with one attached hydrogen (secondary N) is 1. The van der Waals surface area contributed by atoms with Crippen LogP contribution in [0.4, 0.5) is 0 Å². The van der Waals surface area contributed by atoms with Crippen LogP contribution in [-0.2, 0) is 0 Å². The van der Waals surface area contributed by atoms with Crippen LogP contribution in [0, 0.1) is 0 Å². The van der Waals surface area contributed by atoms with Crippen LogP contribution in [0.3, 0.4) is 0 Å². The second-order valence-electron chi connectivity index (χ2n) is 5.49. The number of hydrogen-bond acceptors (Lipinski definition) is 3. The molecule has 104 valence electrons. The fraction of sp³-hybridized carbons (Fsp3) is 0.533. The second kappa shape index (κ2) is 5.97. The predicted octanol–water partition coefficient (Wildman–Crippen LogP) is 2.41. The van der Waals surface area contributed by atoms with Gasteiger partial charge in [0, 0.05) is 17.9 Å². The molecule has 1 aliphatic heterocycles. The highest BCUT2D eigenvalue weighted by molar-refractivity contribution is 7.99. The smallest absolute Gasteiger partial charge is 0.251 e. The summed E-state index contributed by atoms with van der Waals surface area (Å²) in [6.45, 7) is 4.59. The molecule has 3 nitrogen and oxygen atoms in total. The van der Waals surface area contributed by atoms with E-state index in [0.717, 1.165) is 12.2 Å². The quantitative estimate of drug-likeness (QED) is 0.890. The molecule has 2 N–H and O–H groups in total. The van der Waals surface area contributed by atoms with Crippen LogP contribution in [0.2, 0.25) is 0 Å². The highest BCUT2D eigenvalue weighted by Crippen LogP contribution is 2.27. The van der Waals surface area contributed by atoms with Crippen molar-refractivity contribution in [2.24, 2.45) is 0 Å². The van der Waals surface area contributed by atoms with Gasteiger partial charge in [0.1, 0.15) is 0 Å². The molecule has 1 unspecified atom stereocenters. The van der Waals surface area contributed by atoms with E-state index >= 15 is 0 Å². The Hall–Kier alpha value is -1.00. The molecule has 1 aromatic carbocycles. The molecule has 1 atom stereocenters. The minimum absolute atomic E-state index is 0.111. The Morgan fingerprint density at radius 1 is 1.42 bits per heavy atom. The summed E-state index contributed by atoms with van der Waals surface area (Å²) >= 11 is 1.73. The van der Waals surface area contributed by atoms with Crippen molar-refractivity contribution in [3.63, 3.8) is 0 Å². The van der Waals surface area contributed by atoms with Crippen molar-refractivity contribution in [3.8, 4) is 0 Å². The van der Waals surface area contributed by atoms with E-state index in [9.17, 15) is 9.90 Å². The van der Waals surface area contributed by atoms with E-state index in [4.69, 9.17) is 0 Å². The summed E-state index contributed by atoms with van der Waals surface area (Å²) in [5.74, 6) is 2.03. The van der Waals surface area contributed by atoms with Gasteiger partial charge in [0.2, 0.25) is 0 Å². The molecule has 1 fully saturated rings. The van der Waals surface area contributed by atoms with Gasteiger partial charge in [0.25, 0.3) is 5.91 Å². The van der Waals surface area contributed by atoms with Gasteiger partial charge >= 0.3 is 0 Å². The Bertz CT molecular complexity index is 436. The minimum atomic E-state index is -0.724. The second-order valence-corrected chi connectivity index (χ2v) is 6.59. The molecular formula is C15H21NO2S. The highest BCUT2D eigenvalue weighted by atomic mass is 32.2. The molecule has 0 aliphatic carbocycles. The van der Waals surface area contributed by atoms with Crippen molar-refractivity contribution >= 4 is 17.7 Å². The molecule has 1 aliphatic rings. The first-order valence-electron chi connectivity index (χ1n) is 6.68. The van der Waals surface area contributed by atoms with Crippen LogP contribution in [0.25, 0.3) is 0 Å². The molecule has 19 heavy (non-hydrogen) atoms. The van der Waals surface area contributed by atoms with Crippen molar-refractivity contribution in [1.29, 1.82) is 0 Å². The standard InChI is InChI=1S/C15H21NO2S/c1-11(2)12-3-5-13(6-4-12)14(17)16-9-15(18)7-8-19-10-15/h3-6,11,18H,7-10H2,1-2H3,(H,16,17). The zero-order valence-corrected chi connectivity index (χ0v) is 12.3. The fourth-order valence-electron chi connectivity index (χ4n) is 2.10. The van der Waals surface area contributed by atoms with Crippen LogP contribution in [0.1, 0.15) is 42.1 Å². The predicted molar refractivity (Wildman–Crippen MR) is 79.8 cm³/mol. The van der Waals surface area contributed by atoms with Gasteiger partial charge in [-0.05, 0) is 35.8 Å². The minimum Gasteiger partial charge on any atom is -0.387 e. The highest BCUT2D eigenvalue weighted by Gasteiger charge is 2.31. The third-order valence-corrected chi connectivity index (χ3v) is 4.73. The van der Waals surface area contributed by atoms with E-state index in [0.29, 0.717) is 23.8 Å². The Balaban J connectivity index is 1.92. The van der Waals surface area contributed by atoms with Crippen LogP contribution in [-0.4, -0.2) is 34.7 Å². The molecular weight excluding hydrogens is 258 g/mol. The molecule has 1 aromatic rings. The van der Waals surface area contributed by atoms with Gasteiger partial charge < -0.3 is 10.4 Å². The van der Waals surface area contributed by atoms with Gasteiger partial charge in [0.05, 0.1) is 5.60 Å². The van der Waals surface area contributed by atoms with Gasteiger partial charge in [-0.25, -0.2) is 0 Å². The monoisotopic (exact) mass is 279 g/mol. The maximum atomic E-state index is 12.0. The number of amides is 1. The summed E-state index contributed by atoms with van der Waals surface area (Å²) in [4.78, 5) is 12.0. The Kier molecular flexibility index (Phi) is 4.53. The number of hydrogen-bond donors (Lipinski definition) is 2. The summed E-state index contributed by atoms with van der Waals surface area (Å²) in [6, 6.07) is 7.66. The van der Waals surface area contributed by atoms with E-state index in [1.54, 1.807) is 11.8 Å². The number of carbonyl (C=O) groups is 1. The number of benzene rings is 1. The van der Waals surface area contributed by atoms with E-state index < -0.39 is 5.60 Å². The van der Waals surface area contributed by atoms with Crippen LogP contribution < -0.4 is 5.32 Å². The van der Waals surface area contributed by atoms with Gasteiger partial charge in [-0.1, -0.05) is 26.0 Å². The molecule has 1 amide bonds. The largest absolute Gasteiger partial charge is 0.387 e. The van der Waals surface area contributed by atoms with E-state index in [-0.39, 0.29) is 5.91 Å². The molecule has 2 rings (SSSR count). The van der Waals surface area contributed by atoms with Crippen molar-refractivity contribution in [2.45, 2.75) is 31.8 Å². The Morgan fingerprint density at radius 2 is 2.11 bits per heavy atom. The van der Waals surface area contributed by atoms with Gasteiger partial charge in [-0.2, -0.15) is 11.8 Å². The average molecular weight is 279 g/mol. The fourth-order valence-corrected chi connectivity index (χ4v) is 3.40. The van der Waals surface area contributed by atoms with Gasteiger partial charge in [-0.15, -0.1) is 0 Å². The molecule has 0 radical (unpaired) electrons. The van der Waals surface area contributed by atoms with Gasteiger partial charge in [0.15, 0.2) is 0 Å². The lowest BCUT2D eigenvalue weighted by Gasteiger charge is -2.21. The Morgan fingerprint density at radius 3 is 2.63 bits per heavy atom. The third kappa shape index (κ3) is 3.74. The molecule has 4 heteroatoms. The lowest BCUT2D eigenvalue weighted by atomic mass is 10.0. The lowest BCUT2D eigenvalue weighted by molar-refractivity contribution is 0.0612. The summed E-state index contributed by atoms with van der Waals surface area (Å²) in [5, 5.41) is 13.0. The SMILES string of the molecule is CC(C)c1ccc(C(=O)NCC2(O)CCSC2)cc1. The van der Waals surface area contributed by atoms with Gasteiger partial charge in [-0.3, -0.25) is 4.79 Å². The van der Waals surface area contributed by atoms with Crippen LogP contribution in [0.15, 0.2) is 24.3 Å². The first-order chi connectivity index (χ1) is 9.00. The zero-order valence-electron chi connectivity index (χ0n) is 11.5. The summed E-state index contributed by atoms with van der Waals surface area (Å²) in [7, 11) is 0. The number of aliphatic hydroxyl groups is 1. The molecule has 0 bridgehead atoms. The molecule has 1 heterocycles. The molecule has 0 aromatic heterocycles. The van der Waals surface area contributed by atoms with Crippen LogP contribution >= 0.6 is 11.8 Å². The first-order valence-corrected chi connectivity index (χ1v) is 7.84. The van der Waals surface area contributed by atoms with E-state index in [1.165, 1.54) is 5.56 Å². The van der Waals surface area contributed by atoms with E-state index in [2.05, 4.69) is 19.2 Å². The zero-order chi connectivity index (χ0) is 13.9. The van der Waals surface area contributed by atoms with E-state index in [1.807, 2.05) is 24.3 Å². The Labute approximate surface area is 118 Å². The lowest BCUT2D eigenvalue weighted by Crippen LogP contribution is -2.42. The van der Waals surface area contributed by atoms with Crippen molar-refractivity contribution < 1.29 is 9.90 Å². The molecule has 0 spiro atoms. The normalized spacial score (nSPS) is 22.7. The number of rotatable bonds is 4. The summed E-state index contributed by atoms with van der Waals surface area (Å²) < 4.78 is 0. The first kappa shape index (κ1) is 14.4. The van der Waals surface area contributed by atoms with Crippen LogP contribution in [0.5, 0.6) is 0 Å². The molecule has 1 saturated heterocycles. The average Bonchev–Trinajstić information content (AvgIpc) is 2.83. The summed E-state index contributed by atoms with van der Waals surface area (Å²) in [5.41, 5.74) is 1.15. The topological polar surface area (TPSA) is 49.3 Å². The maximum absolute atomic E-state index is 12.0. The summed E-state index contributed by atoms with van der Waals surface area (Å²) in [6.07, 6.45) is 0.754.